The lowest BCUT2D eigenvalue weighted by Gasteiger charge is -2.50. The van der Waals surface area contributed by atoms with Gasteiger partial charge in [-0.3, -0.25) is 4.79 Å². The zero-order valence-corrected chi connectivity index (χ0v) is 19.2. The molecule has 0 bridgehead atoms. The Hall–Kier alpha value is -3.01. The lowest BCUT2D eigenvalue weighted by atomic mass is 9.77. The zero-order chi connectivity index (χ0) is 24.0. The van der Waals surface area contributed by atoms with Crippen LogP contribution in [0.5, 0.6) is 0 Å². The van der Waals surface area contributed by atoms with E-state index in [0.717, 1.165) is 12.3 Å². The van der Waals surface area contributed by atoms with Crippen molar-refractivity contribution >= 4 is 27.3 Å². The lowest BCUT2D eigenvalue weighted by Crippen LogP contribution is -2.59. The van der Waals surface area contributed by atoms with Crippen LogP contribution in [-0.4, -0.2) is 57.1 Å². The van der Waals surface area contributed by atoms with Gasteiger partial charge >= 0.3 is 6.03 Å². The molecule has 7 nitrogen and oxygen atoms in total. The van der Waals surface area contributed by atoms with Crippen molar-refractivity contribution in [3.63, 3.8) is 0 Å². The summed E-state index contributed by atoms with van der Waals surface area (Å²) in [6.07, 6.45) is 2.35. The molecule has 0 aromatic heterocycles. The molecule has 1 fully saturated rings. The first-order valence-electron chi connectivity index (χ1n) is 10.6. The first-order valence-corrected chi connectivity index (χ1v) is 12.5. The Labute approximate surface area is 191 Å². The smallest absolute Gasteiger partial charge is 0.317 e. The monoisotopic (exact) mass is 477 g/mol. The van der Waals surface area contributed by atoms with Gasteiger partial charge in [-0.05, 0) is 48.7 Å². The van der Waals surface area contributed by atoms with Crippen molar-refractivity contribution < 1.29 is 26.8 Å². The molecule has 2 heterocycles. The van der Waals surface area contributed by atoms with Crippen LogP contribution in [0.2, 0.25) is 0 Å². The van der Waals surface area contributed by atoms with Crippen molar-refractivity contribution in [2.24, 2.45) is 0 Å². The summed E-state index contributed by atoms with van der Waals surface area (Å²) in [4.78, 5) is 28.6. The zero-order valence-electron chi connectivity index (χ0n) is 18.4. The number of anilines is 1. The standard InChI is InChI=1S/C23H25F2N3O4S/c1-27-19-6-4-16(24)12-17(19)20(29)13-23(27)7-9-28(10-8-23)22(30)26-14-15-3-5-18(25)21(11-15)33(2,31)32/h3-6,11-12H,7-10,13-14H2,1-2H3,(H,26,30). The molecule has 1 spiro atoms. The molecule has 0 saturated carbocycles. The number of rotatable bonds is 3. The Kier molecular flexibility index (Phi) is 5.90. The predicted octanol–water partition coefficient (Wildman–Crippen LogP) is 3.14. The minimum absolute atomic E-state index is 0.0562. The number of ketones is 1. The van der Waals surface area contributed by atoms with Crippen LogP contribution < -0.4 is 10.2 Å². The van der Waals surface area contributed by atoms with Gasteiger partial charge < -0.3 is 15.1 Å². The van der Waals surface area contributed by atoms with Crippen LogP contribution in [0.3, 0.4) is 0 Å². The molecule has 176 valence electrons. The maximum atomic E-state index is 13.8. The quantitative estimate of drug-likeness (QED) is 0.734. The van der Waals surface area contributed by atoms with Crippen LogP contribution in [-0.2, 0) is 16.4 Å². The molecule has 33 heavy (non-hydrogen) atoms. The molecule has 0 aliphatic carbocycles. The topological polar surface area (TPSA) is 86.8 Å². The van der Waals surface area contributed by atoms with Gasteiger partial charge in [-0.1, -0.05) is 6.07 Å². The molecule has 0 atom stereocenters. The predicted molar refractivity (Wildman–Crippen MR) is 119 cm³/mol. The number of Topliss-reactive ketones (excluding diaryl/α,β-unsaturated/α-hetero) is 1. The Morgan fingerprint density at radius 1 is 1.12 bits per heavy atom. The van der Waals surface area contributed by atoms with E-state index in [1.807, 2.05) is 11.9 Å². The van der Waals surface area contributed by atoms with Gasteiger partial charge in [0.25, 0.3) is 0 Å². The van der Waals surface area contributed by atoms with E-state index in [9.17, 15) is 26.8 Å². The summed E-state index contributed by atoms with van der Waals surface area (Å²) in [6, 6.07) is 7.64. The fourth-order valence-corrected chi connectivity index (χ4v) is 5.45. The third-order valence-electron chi connectivity index (χ3n) is 6.64. The lowest BCUT2D eigenvalue weighted by molar-refractivity contribution is 0.0890. The van der Waals surface area contributed by atoms with Crippen molar-refractivity contribution in [2.45, 2.75) is 36.2 Å². The van der Waals surface area contributed by atoms with E-state index in [0.29, 0.717) is 42.7 Å². The number of sulfone groups is 1. The Bertz CT molecular complexity index is 1220. The van der Waals surface area contributed by atoms with E-state index in [2.05, 4.69) is 5.32 Å². The van der Waals surface area contributed by atoms with Crippen molar-refractivity contribution in [1.82, 2.24) is 10.2 Å². The highest BCUT2D eigenvalue weighted by molar-refractivity contribution is 7.90. The van der Waals surface area contributed by atoms with Gasteiger partial charge in [0.2, 0.25) is 0 Å². The SMILES string of the molecule is CN1c2ccc(F)cc2C(=O)CC12CCN(C(=O)NCc1ccc(F)c(S(C)(=O)=O)c1)CC2. The van der Waals surface area contributed by atoms with Crippen molar-refractivity contribution in [2.75, 3.05) is 31.3 Å². The van der Waals surface area contributed by atoms with Gasteiger partial charge in [0.1, 0.15) is 16.5 Å². The van der Waals surface area contributed by atoms with E-state index in [1.165, 1.54) is 24.3 Å². The van der Waals surface area contributed by atoms with Crippen LogP contribution in [0.15, 0.2) is 41.3 Å². The Balaban J connectivity index is 1.40. The highest BCUT2D eigenvalue weighted by atomic mass is 32.2. The second kappa shape index (κ2) is 8.40. The number of hydrogen-bond acceptors (Lipinski definition) is 5. The van der Waals surface area contributed by atoms with Gasteiger partial charge in [-0.2, -0.15) is 0 Å². The highest BCUT2D eigenvalue weighted by Crippen LogP contribution is 2.41. The number of likely N-dealkylation sites (tertiary alicyclic amines) is 1. The maximum absolute atomic E-state index is 13.8. The number of fused-ring (bicyclic) bond motifs is 1. The molecule has 2 aliphatic rings. The van der Waals surface area contributed by atoms with Gasteiger partial charge in [-0.25, -0.2) is 22.0 Å². The molecule has 1 N–H and O–H groups in total. The average Bonchev–Trinajstić information content (AvgIpc) is 2.76. The second-order valence-electron chi connectivity index (χ2n) is 8.73. The summed E-state index contributed by atoms with van der Waals surface area (Å²) in [6.45, 7) is 0.913. The third kappa shape index (κ3) is 4.44. The fourth-order valence-electron chi connectivity index (χ4n) is 4.66. The molecule has 2 aromatic carbocycles. The molecule has 0 unspecified atom stereocenters. The van der Waals surface area contributed by atoms with E-state index in [-0.39, 0.29) is 24.8 Å². The summed E-state index contributed by atoms with van der Waals surface area (Å²) in [5.74, 6) is -1.37. The minimum Gasteiger partial charge on any atom is -0.368 e. The molecule has 2 amide bonds. The van der Waals surface area contributed by atoms with Crippen molar-refractivity contribution in [1.29, 1.82) is 0 Å². The number of amides is 2. The van der Waals surface area contributed by atoms with Gasteiger partial charge in [0.05, 0.1) is 5.54 Å². The maximum Gasteiger partial charge on any atom is 0.317 e. The number of carbonyl (C=O) groups is 2. The highest BCUT2D eigenvalue weighted by Gasteiger charge is 2.45. The molecular formula is C23H25F2N3O4S. The first kappa shape index (κ1) is 23.2. The number of nitrogens with one attached hydrogen (secondary N) is 1. The van der Waals surface area contributed by atoms with Crippen LogP contribution in [0.25, 0.3) is 0 Å². The van der Waals surface area contributed by atoms with Crippen molar-refractivity contribution in [3.05, 3.63) is 59.2 Å². The van der Waals surface area contributed by atoms with Crippen LogP contribution >= 0.6 is 0 Å². The van der Waals surface area contributed by atoms with Gasteiger partial charge in [0.15, 0.2) is 15.6 Å². The van der Waals surface area contributed by atoms with Gasteiger partial charge in [-0.15, -0.1) is 0 Å². The molecule has 0 radical (unpaired) electrons. The summed E-state index contributed by atoms with van der Waals surface area (Å²) in [5.41, 5.74) is 1.12. The normalized spacial score (nSPS) is 17.8. The molecule has 2 aromatic rings. The third-order valence-corrected chi connectivity index (χ3v) is 7.75. The van der Waals surface area contributed by atoms with Crippen LogP contribution in [0.1, 0.15) is 35.2 Å². The molecule has 2 aliphatic heterocycles. The number of halogens is 2. The summed E-state index contributed by atoms with van der Waals surface area (Å²) in [5, 5.41) is 2.75. The fraction of sp³-hybridized carbons (Fsp3) is 0.391. The number of piperidine rings is 1. The number of benzene rings is 2. The average molecular weight is 478 g/mol. The molecule has 1 saturated heterocycles. The number of carbonyl (C=O) groups excluding carboxylic acids is 2. The Morgan fingerprint density at radius 2 is 1.82 bits per heavy atom. The summed E-state index contributed by atoms with van der Waals surface area (Å²) < 4.78 is 50.8. The van der Waals surface area contributed by atoms with Crippen LogP contribution in [0.4, 0.5) is 19.3 Å². The number of nitrogens with zero attached hydrogens (tertiary/aromatic N) is 2. The first-order chi connectivity index (χ1) is 15.5. The van der Waals surface area contributed by atoms with Crippen LogP contribution in [0, 0.1) is 11.6 Å². The number of hydrogen-bond donors (Lipinski definition) is 1. The Morgan fingerprint density at radius 3 is 2.48 bits per heavy atom. The van der Waals surface area contributed by atoms with Gasteiger partial charge in [0, 0.05) is 50.6 Å². The van der Waals surface area contributed by atoms with E-state index >= 15 is 0 Å². The molecule has 4 rings (SSSR count). The molecular weight excluding hydrogens is 452 g/mol. The summed E-state index contributed by atoms with van der Waals surface area (Å²) >= 11 is 0. The largest absolute Gasteiger partial charge is 0.368 e. The van der Waals surface area contributed by atoms with E-state index in [4.69, 9.17) is 0 Å². The molecule has 10 heteroatoms. The minimum atomic E-state index is -3.72. The van der Waals surface area contributed by atoms with Crippen molar-refractivity contribution in [3.8, 4) is 0 Å². The van der Waals surface area contributed by atoms with E-state index < -0.39 is 31.9 Å². The second-order valence-corrected chi connectivity index (χ2v) is 10.7. The number of urea groups is 1. The van der Waals surface area contributed by atoms with E-state index in [1.54, 1.807) is 11.0 Å². The summed E-state index contributed by atoms with van der Waals surface area (Å²) in [7, 11) is -1.82.